The van der Waals surface area contributed by atoms with Crippen LogP contribution in [0.5, 0.6) is 11.5 Å². The minimum absolute atomic E-state index is 0.175. The topological polar surface area (TPSA) is 150 Å². The second-order valence-corrected chi connectivity index (χ2v) is 10.3. The fourth-order valence-corrected chi connectivity index (χ4v) is 3.77. The van der Waals surface area contributed by atoms with Gasteiger partial charge in [-0.1, -0.05) is 17.7 Å². The van der Waals surface area contributed by atoms with Gasteiger partial charge < -0.3 is 34.9 Å². The van der Waals surface area contributed by atoms with E-state index in [4.69, 9.17) is 30.5 Å². The number of anilines is 2. The van der Waals surface area contributed by atoms with Gasteiger partial charge in [0.15, 0.2) is 11.5 Å². The molecule has 1 heterocycles. The van der Waals surface area contributed by atoms with E-state index in [1.54, 1.807) is 51.1 Å². The molecule has 0 aliphatic heterocycles. The Labute approximate surface area is 243 Å². The third kappa shape index (κ3) is 9.98. The van der Waals surface area contributed by atoms with Gasteiger partial charge in [-0.3, -0.25) is 9.59 Å². The lowest BCUT2D eigenvalue weighted by Crippen LogP contribution is -2.33. The molecule has 41 heavy (non-hydrogen) atoms. The molecule has 0 bridgehead atoms. The zero-order chi connectivity index (χ0) is 30.0. The third-order valence-electron chi connectivity index (χ3n) is 5.45. The number of amides is 2. The molecule has 0 fully saturated rings. The zero-order valence-electron chi connectivity index (χ0n) is 23.6. The Hall–Kier alpha value is -4.32. The van der Waals surface area contributed by atoms with Gasteiger partial charge in [-0.05, 0) is 51.0 Å². The number of ether oxygens (including phenoxy) is 4. The second-order valence-electron chi connectivity index (χ2n) is 9.88. The highest BCUT2D eigenvalue weighted by Gasteiger charge is 2.16. The van der Waals surface area contributed by atoms with E-state index in [0.29, 0.717) is 51.9 Å². The van der Waals surface area contributed by atoms with Crippen molar-refractivity contribution in [3.05, 3.63) is 47.2 Å². The highest BCUT2D eigenvalue weighted by atomic mass is 35.5. The molecular formula is C28H34ClN5O7. The summed E-state index contributed by atoms with van der Waals surface area (Å²) in [6, 6.07) is 8.61. The van der Waals surface area contributed by atoms with Gasteiger partial charge in [0.25, 0.3) is 0 Å². The summed E-state index contributed by atoms with van der Waals surface area (Å²) in [5.74, 6) is 0.540. The molecule has 3 N–H and O–H groups in total. The molecule has 0 aliphatic carbocycles. The van der Waals surface area contributed by atoms with E-state index in [9.17, 15) is 14.4 Å². The Kier molecular flexibility index (Phi) is 10.9. The van der Waals surface area contributed by atoms with Crippen LogP contribution in [0.3, 0.4) is 0 Å². The van der Waals surface area contributed by atoms with E-state index in [2.05, 4.69) is 25.9 Å². The fourth-order valence-electron chi connectivity index (χ4n) is 3.59. The monoisotopic (exact) mass is 587 g/mol. The SMILES string of the molecule is COc1cc2ncnc(Nc3cc(Cl)ccc3CNC(=O)CCCNC(=O)OC(C)(C)C)c2cc1OCOC(C)=O. The molecule has 2 amide bonds. The molecule has 220 valence electrons. The molecule has 1 aromatic heterocycles. The number of hydrogen-bond donors (Lipinski definition) is 3. The van der Waals surface area contributed by atoms with Crippen LogP contribution in [0.1, 0.15) is 46.1 Å². The van der Waals surface area contributed by atoms with Crippen LogP contribution in [0, 0.1) is 0 Å². The number of esters is 1. The maximum absolute atomic E-state index is 12.4. The van der Waals surface area contributed by atoms with Gasteiger partial charge in [0, 0.05) is 48.6 Å². The van der Waals surface area contributed by atoms with Crippen molar-refractivity contribution in [2.75, 3.05) is 25.8 Å². The maximum Gasteiger partial charge on any atom is 0.407 e. The number of halogens is 1. The predicted octanol–water partition coefficient (Wildman–Crippen LogP) is 4.86. The highest BCUT2D eigenvalue weighted by Crippen LogP contribution is 2.35. The number of carbonyl (C=O) groups excluding carboxylic acids is 3. The van der Waals surface area contributed by atoms with Gasteiger partial charge in [-0.25, -0.2) is 14.8 Å². The number of carbonyl (C=O) groups is 3. The first-order valence-corrected chi connectivity index (χ1v) is 13.2. The molecule has 0 atom stereocenters. The maximum atomic E-state index is 12.4. The van der Waals surface area contributed by atoms with E-state index in [1.165, 1.54) is 20.4 Å². The van der Waals surface area contributed by atoms with Crippen LogP contribution in [-0.2, 0) is 25.6 Å². The number of benzene rings is 2. The van der Waals surface area contributed by atoms with Crippen LogP contribution in [0.25, 0.3) is 10.9 Å². The van der Waals surface area contributed by atoms with E-state index >= 15 is 0 Å². The van der Waals surface area contributed by atoms with Crippen LogP contribution in [0.2, 0.25) is 5.02 Å². The van der Waals surface area contributed by atoms with Crippen LogP contribution in [-0.4, -0.2) is 54.0 Å². The molecule has 0 aliphatic rings. The number of fused-ring (bicyclic) bond motifs is 1. The molecule has 2 aromatic carbocycles. The summed E-state index contributed by atoms with van der Waals surface area (Å²) in [5, 5.41) is 9.89. The zero-order valence-corrected chi connectivity index (χ0v) is 24.4. The minimum Gasteiger partial charge on any atom is -0.493 e. The molecule has 0 saturated heterocycles. The van der Waals surface area contributed by atoms with Gasteiger partial charge in [0.1, 0.15) is 17.7 Å². The summed E-state index contributed by atoms with van der Waals surface area (Å²) >= 11 is 6.28. The van der Waals surface area contributed by atoms with Crippen molar-refractivity contribution in [3.8, 4) is 11.5 Å². The first-order chi connectivity index (χ1) is 19.4. The lowest BCUT2D eigenvalue weighted by Gasteiger charge is -2.19. The number of nitrogens with zero attached hydrogens (tertiary/aromatic N) is 2. The quantitative estimate of drug-likeness (QED) is 0.152. The van der Waals surface area contributed by atoms with Crippen molar-refractivity contribution in [2.24, 2.45) is 0 Å². The van der Waals surface area contributed by atoms with Gasteiger partial charge in [-0.2, -0.15) is 0 Å². The summed E-state index contributed by atoms with van der Waals surface area (Å²) < 4.78 is 21.0. The van der Waals surface area contributed by atoms with Crippen molar-refractivity contribution in [1.82, 2.24) is 20.6 Å². The molecule has 0 spiro atoms. The Morgan fingerprint density at radius 2 is 1.80 bits per heavy atom. The lowest BCUT2D eigenvalue weighted by molar-refractivity contribution is -0.147. The summed E-state index contributed by atoms with van der Waals surface area (Å²) in [7, 11) is 1.49. The first-order valence-electron chi connectivity index (χ1n) is 12.8. The van der Waals surface area contributed by atoms with Gasteiger partial charge in [0.2, 0.25) is 12.7 Å². The number of hydrogen-bond acceptors (Lipinski definition) is 10. The molecule has 0 unspecified atom stereocenters. The Morgan fingerprint density at radius 1 is 1.02 bits per heavy atom. The lowest BCUT2D eigenvalue weighted by atomic mass is 10.1. The average Bonchev–Trinajstić information content (AvgIpc) is 2.89. The second kappa shape index (κ2) is 14.4. The Morgan fingerprint density at radius 3 is 2.51 bits per heavy atom. The van der Waals surface area contributed by atoms with Crippen molar-refractivity contribution >= 4 is 52.0 Å². The fraction of sp³-hybridized carbons (Fsp3) is 0.393. The molecule has 13 heteroatoms. The number of aromatic nitrogens is 2. The normalized spacial score (nSPS) is 11.0. The van der Waals surface area contributed by atoms with E-state index in [0.717, 1.165) is 5.56 Å². The minimum atomic E-state index is -0.585. The number of rotatable bonds is 12. The number of methoxy groups -OCH3 is 1. The van der Waals surface area contributed by atoms with Crippen LogP contribution in [0.15, 0.2) is 36.7 Å². The van der Waals surface area contributed by atoms with Crippen LogP contribution >= 0.6 is 11.6 Å². The summed E-state index contributed by atoms with van der Waals surface area (Å²) in [5.41, 5.74) is 1.39. The van der Waals surface area contributed by atoms with Gasteiger partial charge >= 0.3 is 12.1 Å². The number of nitrogens with one attached hydrogen (secondary N) is 3. The number of alkyl carbamates (subject to hydrolysis) is 1. The van der Waals surface area contributed by atoms with Crippen molar-refractivity contribution in [1.29, 1.82) is 0 Å². The van der Waals surface area contributed by atoms with Crippen LogP contribution < -0.4 is 25.4 Å². The molecular weight excluding hydrogens is 554 g/mol. The summed E-state index contributed by atoms with van der Waals surface area (Å²) in [6.45, 7) is 6.88. The van der Waals surface area contributed by atoms with Gasteiger partial charge in [-0.15, -0.1) is 0 Å². The predicted molar refractivity (Wildman–Crippen MR) is 153 cm³/mol. The summed E-state index contributed by atoms with van der Waals surface area (Å²) in [6.07, 6.45) is 1.56. The molecule has 3 aromatic rings. The molecule has 3 rings (SSSR count). The van der Waals surface area contributed by atoms with Gasteiger partial charge in [0.05, 0.1) is 12.6 Å². The average molecular weight is 588 g/mol. The van der Waals surface area contributed by atoms with Crippen molar-refractivity contribution in [2.45, 2.75) is 52.7 Å². The third-order valence-corrected chi connectivity index (χ3v) is 5.68. The highest BCUT2D eigenvalue weighted by molar-refractivity contribution is 6.30. The molecule has 0 saturated carbocycles. The Bertz CT molecular complexity index is 1390. The first kappa shape index (κ1) is 31.2. The van der Waals surface area contributed by atoms with Crippen LogP contribution in [0.4, 0.5) is 16.3 Å². The Balaban J connectivity index is 1.68. The standard InChI is InChI=1S/C28H34ClN5O7/c1-17(35)39-16-40-24-12-20-22(13-23(24)38-5)32-15-33-26(20)34-21-11-19(29)9-8-18(21)14-31-25(36)7-6-10-30-27(37)41-28(2,3)4/h8-9,11-13,15H,6-7,10,14,16H2,1-5H3,(H,30,37)(H,31,36)(H,32,33,34). The molecule has 0 radical (unpaired) electrons. The molecule has 12 nitrogen and oxygen atoms in total. The van der Waals surface area contributed by atoms with Crippen molar-refractivity contribution < 1.29 is 33.3 Å². The van der Waals surface area contributed by atoms with Crippen molar-refractivity contribution in [3.63, 3.8) is 0 Å². The van der Waals surface area contributed by atoms with E-state index < -0.39 is 17.7 Å². The largest absolute Gasteiger partial charge is 0.493 e. The van der Waals surface area contributed by atoms with E-state index in [-0.39, 0.29) is 25.7 Å². The van der Waals surface area contributed by atoms with E-state index in [1.807, 2.05) is 0 Å². The summed E-state index contributed by atoms with van der Waals surface area (Å²) in [4.78, 5) is 44.0. The smallest absolute Gasteiger partial charge is 0.407 e.